The summed E-state index contributed by atoms with van der Waals surface area (Å²) in [5.41, 5.74) is 5.62. The van der Waals surface area contributed by atoms with E-state index in [4.69, 9.17) is 23.7 Å². The molecule has 7 aliphatic rings. The molecule has 6 unspecified atom stereocenters. The lowest BCUT2D eigenvalue weighted by atomic mass is 9.87. The molecular formula is C111H178N6O18S6. The van der Waals surface area contributed by atoms with Crippen LogP contribution in [0.1, 0.15) is 335 Å². The minimum absolute atomic E-state index is 0.00357. The second kappa shape index (κ2) is 49.8. The highest BCUT2D eigenvalue weighted by Gasteiger charge is 2.48. The summed E-state index contributed by atoms with van der Waals surface area (Å²) in [5, 5.41) is 10.1. The Bertz CT molecular complexity index is 5630. The molecule has 6 saturated heterocycles. The maximum Gasteiger partial charge on any atom is 0.243 e. The molecule has 796 valence electrons. The van der Waals surface area contributed by atoms with Crippen LogP contribution in [-0.4, -0.2) is 228 Å². The van der Waals surface area contributed by atoms with E-state index in [0.717, 1.165) is 130 Å². The fourth-order valence-corrected chi connectivity index (χ4v) is 27.9. The predicted octanol–water partition coefficient (Wildman–Crippen LogP) is 21.9. The van der Waals surface area contributed by atoms with E-state index < -0.39 is 65.7 Å². The van der Waals surface area contributed by atoms with Crippen molar-refractivity contribution in [3.8, 4) is 0 Å². The van der Waals surface area contributed by atoms with Gasteiger partial charge in [0.05, 0.1) is 70.1 Å². The third kappa shape index (κ3) is 34.3. The molecule has 6 aliphatic heterocycles. The maximum atomic E-state index is 13.1. The summed E-state index contributed by atoms with van der Waals surface area (Å²) >= 11 is 0. The van der Waals surface area contributed by atoms with Gasteiger partial charge in [0.15, 0.2) is 0 Å². The zero-order valence-corrected chi connectivity index (χ0v) is 95.6. The van der Waals surface area contributed by atoms with E-state index in [-0.39, 0.29) is 67.6 Å². The van der Waals surface area contributed by atoms with Crippen molar-refractivity contribution in [1.29, 1.82) is 0 Å². The van der Waals surface area contributed by atoms with Gasteiger partial charge in [0.25, 0.3) is 0 Å². The van der Waals surface area contributed by atoms with Crippen molar-refractivity contribution in [1.82, 2.24) is 25.8 Å². The van der Waals surface area contributed by atoms with Crippen molar-refractivity contribution in [3.05, 3.63) is 179 Å². The zero-order chi connectivity index (χ0) is 105. The molecule has 0 amide bonds. The average molecular weight is 2080 g/mol. The molecule has 0 aromatic heterocycles. The SMILES string of the molecule is CC(C)OC1CCCN(S(=O)(=O)c2ccc(C(C)(C)C)cc2)CC1.CC1(O)CCCN(S(=O)(=O)c2ccc(C(C)(C)C)cc2)CC1.CCOC1(C)CCCN(S(=O)(=O)c2ccc(C(C)(C)C)cc2)CC1.CCOC1CCCN(S(=O)(=O)c2ccc(C(C)(C)C)cc2)CC1.COC1(C)CCCN(S(=O)(=O)c2ccc(C(C)(C)C)cc2)CC1.COC1(C2CC2)CCCN(S(=O)(=O)c2ccc(C(C)(C)C)cc2)CC1. The van der Waals surface area contributed by atoms with Crippen LogP contribution in [0.2, 0.25) is 0 Å². The first-order chi connectivity index (χ1) is 65.2. The van der Waals surface area contributed by atoms with E-state index in [9.17, 15) is 55.6 Å². The van der Waals surface area contributed by atoms with Crippen LogP contribution in [-0.2, 0) is 116 Å². The lowest BCUT2D eigenvalue weighted by Crippen LogP contribution is -2.37. The molecule has 0 bridgehead atoms. The molecule has 6 aromatic rings. The van der Waals surface area contributed by atoms with Crippen molar-refractivity contribution in [3.63, 3.8) is 0 Å². The van der Waals surface area contributed by atoms with Crippen LogP contribution < -0.4 is 0 Å². The second-order valence-electron chi connectivity index (χ2n) is 46.8. The predicted molar refractivity (Wildman–Crippen MR) is 570 cm³/mol. The molecule has 1 saturated carbocycles. The highest BCUT2D eigenvalue weighted by Crippen LogP contribution is 2.48. The Balaban J connectivity index is 0.000000207. The Morgan fingerprint density at radius 3 is 0.830 bits per heavy atom. The van der Waals surface area contributed by atoms with Gasteiger partial charge in [-0.3, -0.25) is 0 Å². The Labute approximate surface area is 854 Å². The quantitative estimate of drug-likeness (QED) is 0.0700. The van der Waals surface area contributed by atoms with E-state index in [2.05, 4.69) is 138 Å². The number of methoxy groups -OCH3 is 2. The van der Waals surface area contributed by atoms with Gasteiger partial charge in [0.1, 0.15) is 0 Å². The molecule has 0 spiro atoms. The molecule has 141 heavy (non-hydrogen) atoms. The number of hydrogen-bond donors (Lipinski definition) is 1. The molecule has 1 N–H and O–H groups in total. The Kier molecular flexibility index (Phi) is 42.6. The van der Waals surface area contributed by atoms with Gasteiger partial charge in [0, 0.05) is 106 Å². The van der Waals surface area contributed by atoms with Crippen LogP contribution in [0.25, 0.3) is 0 Å². The van der Waals surface area contributed by atoms with Gasteiger partial charge in [-0.1, -0.05) is 197 Å². The molecule has 6 aromatic carbocycles. The summed E-state index contributed by atoms with van der Waals surface area (Å²) in [6, 6.07) is 43.8. The highest BCUT2D eigenvalue weighted by atomic mass is 32.2. The molecule has 24 nitrogen and oxygen atoms in total. The van der Waals surface area contributed by atoms with Gasteiger partial charge < -0.3 is 28.8 Å². The third-order valence-corrected chi connectivity index (χ3v) is 40.3. The van der Waals surface area contributed by atoms with Crippen LogP contribution in [0, 0.1) is 5.92 Å². The first kappa shape index (κ1) is 121. The van der Waals surface area contributed by atoms with Crippen LogP contribution in [0.15, 0.2) is 175 Å². The summed E-state index contributed by atoms with van der Waals surface area (Å²) < 4.78 is 193. The number of hydrogen-bond acceptors (Lipinski definition) is 18. The largest absolute Gasteiger partial charge is 0.390 e. The standard InChI is InChI=1S/C20H31NO3S.2C19H31NO3S.2C18H29NO3S.C17H27NO3S/c1-19(2,3)16-8-10-18(11-9-16)25(22,23)21-14-5-12-20(24-4,13-15-21)17-6-7-17;1-15(2)23-17-7-6-13-20(14-12-17)24(21,22)18-10-8-16(9-11-18)19(3,4)5;1-6-23-19(5)12-7-14-20(15-13-19)24(21,22)17-10-8-16(9-11-17)18(2,3)4;1-17(2,3)15-7-9-16(10-8-15)23(20,21)19-13-6-11-18(4,22-5)12-14-19;1-5-22-16-7-6-13-19(14-12-16)23(20,21)17-10-8-15(9-11-17)18(2,3)4;1-16(2,3)14-6-8-15(9-7-14)22(20,21)18-12-5-10-17(4,19)11-13-18/h8-11,17H,5-7,12-15H2,1-4H3;8-11,15,17H,6-7,12-14H2,1-5H3;8-11H,6-7,12-15H2,1-5H3;7-10H,6,11-14H2,1-5H3;8-11,16H,5-7,12-14H2,1-4H3;6-9,19H,5,10-13H2,1-4H3. The average Bonchev–Trinajstić information content (AvgIpc) is 1.66. The number of aliphatic hydroxyl groups is 1. The third-order valence-electron chi connectivity index (χ3n) is 28.8. The monoisotopic (exact) mass is 2080 g/mol. The molecule has 13 rings (SSSR count). The lowest BCUT2D eigenvalue weighted by Gasteiger charge is -2.31. The summed E-state index contributed by atoms with van der Waals surface area (Å²) in [6.45, 7) is 59.8. The first-order valence-corrected chi connectivity index (χ1v) is 60.3. The van der Waals surface area contributed by atoms with Crippen LogP contribution in [0.3, 0.4) is 0 Å². The van der Waals surface area contributed by atoms with E-state index in [0.29, 0.717) is 146 Å². The van der Waals surface area contributed by atoms with E-state index >= 15 is 0 Å². The Morgan fingerprint density at radius 2 is 0.553 bits per heavy atom. The van der Waals surface area contributed by atoms with Crippen molar-refractivity contribution in [2.75, 3.05) is 106 Å². The van der Waals surface area contributed by atoms with Gasteiger partial charge in [-0.15, -0.1) is 0 Å². The number of rotatable bonds is 21. The lowest BCUT2D eigenvalue weighted by molar-refractivity contribution is -0.0396. The normalized spacial score (nSPS) is 23.6. The van der Waals surface area contributed by atoms with Gasteiger partial charge >= 0.3 is 0 Å². The Hall–Kier alpha value is -5.46. The summed E-state index contributed by atoms with van der Waals surface area (Å²) in [6.07, 6.45) is 17.4. The van der Waals surface area contributed by atoms with Crippen molar-refractivity contribution in [2.24, 2.45) is 5.92 Å². The van der Waals surface area contributed by atoms with E-state index in [1.165, 1.54) is 17.1 Å². The number of sulfonamides is 6. The molecule has 6 heterocycles. The number of nitrogens with zero attached hydrogens (tertiary/aromatic N) is 6. The van der Waals surface area contributed by atoms with Gasteiger partial charge in [0.2, 0.25) is 60.1 Å². The summed E-state index contributed by atoms with van der Waals surface area (Å²) in [7, 11) is -17.1. The minimum atomic E-state index is -3.48. The molecule has 0 radical (unpaired) electrons. The maximum absolute atomic E-state index is 13.1. The number of ether oxygens (including phenoxy) is 5. The molecule has 6 atom stereocenters. The van der Waals surface area contributed by atoms with E-state index in [1.54, 1.807) is 115 Å². The van der Waals surface area contributed by atoms with Crippen molar-refractivity contribution >= 4 is 60.1 Å². The van der Waals surface area contributed by atoms with Crippen LogP contribution in [0.4, 0.5) is 0 Å². The molecule has 7 fully saturated rings. The fourth-order valence-electron chi connectivity index (χ4n) is 19.0. The van der Waals surface area contributed by atoms with Gasteiger partial charge in [-0.05, 0) is 321 Å². The van der Waals surface area contributed by atoms with Crippen molar-refractivity contribution < 1.29 is 79.3 Å². The topological polar surface area (TPSA) is 291 Å². The minimum Gasteiger partial charge on any atom is -0.390 e. The van der Waals surface area contributed by atoms with Crippen LogP contribution >= 0.6 is 0 Å². The van der Waals surface area contributed by atoms with Crippen molar-refractivity contribution in [2.45, 2.75) is 404 Å². The zero-order valence-electron chi connectivity index (χ0n) is 90.7. The molecule has 30 heteroatoms. The smallest absolute Gasteiger partial charge is 0.243 e. The summed E-state index contributed by atoms with van der Waals surface area (Å²) in [4.78, 5) is 2.28. The van der Waals surface area contributed by atoms with Gasteiger partial charge in [-0.25, -0.2) is 50.5 Å². The summed E-state index contributed by atoms with van der Waals surface area (Å²) in [5.74, 6) is 0.617. The fraction of sp³-hybridized carbons (Fsp3) is 0.676. The Morgan fingerprint density at radius 1 is 0.298 bits per heavy atom. The number of benzene rings is 6. The van der Waals surface area contributed by atoms with E-state index in [1.807, 2.05) is 100 Å². The first-order valence-electron chi connectivity index (χ1n) is 51.6. The second-order valence-corrected chi connectivity index (χ2v) is 58.4. The molecular weight excluding hydrogens is 1900 g/mol. The van der Waals surface area contributed by atoms with Crippen LogP contribution in [0.5, 0.6) is 0 Å². The van der Waals surface area contributed by atoms with Gasteiger partial charge in [-0.2, -0.15) is 25.8 Å². The molecule has 1 aliphatic carbocycles. The highest BCUT2D eigenvalue weighted by molar-refractivity contribution is 7.90.